The van der Waals surface area contributed by atoms with E-state index in [-0.39, 0.29) is 0 Å². The first kappa shape index (κ1) is 8.08. The lowest BCUT2D eigenvalue weighted by molar-refractivity contribution is 1.64. The minimum absolute atomic E-state index is 0.885. The zero-order valence-electron chi connectivity index (χ0n) is 6.70. The van der Waals surface area contributed by atoms with Crippen LogP contribution in [0, 0.1) is 6.92 Å². The van der Waals surface area contributed by atoms with E-state index in [1.807, 2.05) is 17.4 Å². The van der Waals surface area contributed by atoms with Crippen molar-refractivity contribution in [3.05, 3.63) is 29.1 Å². The van der Waals surface area contributed by atoms with E-state index in [0.29, 0.717) is 0 Å². The van der Waals surface area contributed by atoms with Crippen molar-refractivity contribution >= 4 is 35.3 Å². The maximum absolute atomic E-state index is 5.65. The van der Waals surface area contributed by atoms with Crippen molar-refractivity contribution in [2.75, 3.05) is 0 Å². The van der Waals surface area contributed by atoms with Gasteiger partial charge in [-0.1, -0.05) is 6.07 Å². The molecule has 0 aliphatic carbocycles. The van der Waals surface area contributed by atoms with Gasteiger partial charge in [-0.25, -0.2) is 0 Å². The van der Waals surface area contributed by atoms with Gasteiger partial charge in [-0.05, 0) is 29.9 Å². The summed E-state index contributed by atoms with van der Waals surface area (Å²) in [5, 5.41) is 0. The zero-order valence-corrected chi connectivity index (χ0v) is 8.34. The van der Waals surface area contributed by atoms with Gasteiger partial charge in [0.25, 0.3) is 0 Å². The van der Waals surface area contributed by atoms with Crippen molar-refractivity contribution in [1.82, 2.24) is 0 Å². The summed E-state index contributed by atoms with van der Waals surface area (Å²) < 4.78 is 0.885. The highest BCUT2D eigenvalue weighted by Gasteiger charge is 2.01. The fourth-order valence-corrected chi connectivity index (χ4v) is 2.78. The van der Waals surface area contributed by atoms with Gasteiger partial charge in [0.05, 0.1) is 0 Å². The van der Waals surface area contributed by atoms with Crippen LogP contribution in [0.5, 0.6) is 0 Å². The summed E-state index contributed by atoms with van der Waals surface area (Å²) in [6.45, 7) is 2.12. The van der Waals surface area contributed by atoms with E-state index in [0.717, 1.165) is 4.78 Å². The Bertz CT molecular complexity index is 348. The first-order valence-corrected chi connectivity index (χ1v) is 5.31. The average Bonchev–Trinajstić information content (AvgIpc) is 2.58. The third kappa shape index (κ3) is 1.47. The van der Waals surface area contributed by atoms with Gasteiger partial charge in [-0.2, -0.15) is 11.3 Å². The Morgan fingerprint density at radius 2 is 1.67 bits per heavy atom. The topological polar surface area (TPSA) is 0 Å². The van der Waals surface area contributed by atoms with Crippen molar-refractivity contribution in [2.24, 2.45) is 0 Å². The molecule has 0 atom stereocenters. The highest BCUT2D eigenvalue weighted by molar-refractivity contribution is 7.26. The van der Waals surface area contributed by atoms with Gasteiger partial charge in [0.1, 0.15) is 7.85 Å². The van der Waals surface area contributed by atoms with Crippen LogP contribution in [0.15, 0.2) is 24.3 Å². The Labute approximate surface area is 81.3 Å². The highest BCUT2D eigenvalue weighted by Crippen LogP contribution is 2.29. The molecule has 0 spiro atoms. The van der Waals surface area contributed by atoms with Crippen LogP contribution >= 0.6 is 22.7 Å². The first-order chi connectivity index (χ1) is 5.75. The van der Waals surface area contributed by atoms with E-state index in [2.05, 4.69) is 25.1 Å². The van der Waals surface area contributed by atoms with Crippen LogP contribution in [0.2, 0.25) is 0 Å². The second-order valence-corrected chi connectivity index (χ2v) is 5.02. The minimum Gasteiger partial charge on any atom is -0.151 e. The Kier molecular flexibility index (Phi) is 2.07. The van der Waals surface area contributed by atoms with Crippen molar-refractivity contribution in [1.29, 1.82) is 0 Å². The molecule has 0 aliphatic heterocycles. The van der Waals surface area contributed by atoms with Crippen LogP contribution in [-0.4, -0.2) is 7.85 Å². The molecule has 0 bridgehead atoms. The lowest BCUT2D eigenvalue weighted by atomic mass is 10.1. The molecule has 2 heterocycles. The maximum Gasteiger partial charge on any atom is 0.128 e. The maximum atomic E-state index is 5.65. The molecule has 2 rings (SSSR count). The predicted octanol–water partition coefficient (Wildman–Crippen LogP) is 2.58. The lowest BCUT2D eigenvalue weighted by Gasteiger charge is -1.87. The predicted molar refractivity (Wildman–Crippen MR) is 57.8 cm³/mol. The third-order valence-electron chi connectivity index (χ3n) is 1.61. The highest BCUT2D eigenvalue weighted by atomic mass is 32.1. The lowest BCUT2D eigenvalue weighted by Crippen LogP contribution is -1.88. The smallest absolute Gasteiger partial charge is 0.128 e. The van der Waals surface area contributed by atoms with Crippen LogP contribution in [0.1, 0.15) is 4.88 Å². The van der Waals surface area contributed by atoms with Gasteiger partial charge < -0.3 is 0 Å². The van der Waals surface area contributed by atoms with Crippen molar-refractivity contribution in [2.45, 2.75) is 6.92 Å². The summed E-state index contributed by atoms with van der Waals surface area (Å²) in [7, 11) is 5.65. The summed E-state index contributed by atoms with van der Waals surface area (Å²) >= 11 is 3.45. The summed E-state index contributed by atoms with van der Waals surface area (Å²) in [6.07, 6.45) is 0. The molecule has 2 radical (unpaired) electrons. The fourth-order valence-electron chi connectivity index (χ4n) is 1.05. The number of aryl methyl sites for hydroxylation is 1. The first-order valence-electron chi connectivity index (χ1n) is 3.68. The normalized spacial score (nSPS) is 10.4. The largest absolute Gasteiger partial charge is 0.151 e. The molecule has 0 aliphatic rings. The third-order valence-corrected chi connectivity index (χ3v) is 3.72. The summed E-state index contributed by atoms with van der Waals surface area (Å²) in [5.41, 5.74) is 0. The summed E-state index contributed by atoms with van der Waals surface area (Å²) in [5.74, 6) is 0. The Hall–Kier alpha value is -0.535. The van der Waals surface area contributed by atoms with Crippen LogP contribution in [0.3, 0.4) is 0 Å². The monoisotopic (exact) mass is 190 g/mol. The van der Waals surface area contributed by atoms with Gasteiger partial charge >= 0.3 is 0 Å². The molecule has 0 nitrogen and oxygen atoms in total. The molecular formula is C9H7BS2. The number of hydrogen-bond acceptors (Lipinski definition) is 2. The van der Waals surface area contributed by atoms with E-state index in [1.165, 1.54) is 14.6 Å². The van der Waals surface area contributed by atoms with Crippen LogP contribution in [-0.2, 0) is 0 Å². The molecule has 0 unspecified atom stereocenters. The Morgan fingerprint density at radius 3 is 2.17 bits per heavy atom. The molecule has 2 aromatic heterocycles. The molecule has 0 saturated heterocycles. The van der Waals surface area contributed by atoms with Crippen molar-refractivity contribution in [3.63, 3.8) is 0 Å². The minimum atomic E-state index is 0.885. The van der Waals surface area contributed by atoms with E-state index in [9.17, 15) is 0 Å². The van der Waals surface area contributed by atoms with Gasteiger partial charge in [-0.15, -0.1) is 11.3 Å². The second-order valence-electron chi connectivity index (χ2n) is 2.61. The molecule has 0 aromatic carbocycles. The van der Waals surface area contributed by atoms with E-state index in [1.54, 1.807) is 11.3 Å². The SMILES string of the molecule is [B]c1ccc(-c2ccc(C)s2)s1. The molecule has 58 valence electrons. The summed E-state index contributed by atoms with van der Waals surface area (Å²) in [4.78, 5) is 3.93. The molecule has 0 amide bonds. The fraction of sp³-hybridized carbons (Fsp3) is 0.111. The Morgan fingerprint density at radius 1 is 1.00 bits per heavy atom. The molecular weight excluding hydrogens is 183 g/mol. The van der Waals surface area contributed by atoms with Gasteiger partial charge in [0.2, 0.25) is 0 Å². The molecule has 0 N–H and O–H groups in total. The average molecular weight is 190 g/mol. The molecule has 0 saturated carbocycles. The van der Waals surface area contributed by atoms with Crippen molar-refractivity contribution < 1.29 is 0 Å². The standard InChI is InChI=1S/C9H7BS2/c1-6-2-3-7(11-6)8-4-5-9(10)12-8/h2-5H,1H3. The van der Waals surface area contributed by atoms with Crippen molar-refractivity contribution in [3.8, 4) is 9.75 Å². The number of hydrogen-bond donors (Lipinski definition) is 0. The molecule has 2 aromatic rings. The van der Waals surface area contributed by atoms with Crippen LogP contribution in [0.25, 0.3) is 9.75 Å². The van der Waals surface area contributed by atoms with E-state index >= 15 is 0 Å². The number of rotatable bonds is 1. The Balaban J connectivity index is 2.43. The quantitative estimate of drug-likeness (QED) is 0.606. The zero-order chi connectivity index (χ0) is 8.55. The second kappa shape index (κ2) is 3.07. The van der Waals surface area contributed by atoms with Crippen LogP contribution < -0.4 is 4.78 Å². The molecule has 12 heavy (non-hydrogen) atoms. The van der Waals surface area contributed by atoms with Gasteiger partial charge in [0.15, 0.2) is 0 Å². The summed E-state index contributed by atoms with van der Waals surface area (Å²) in [6, 6.07) is 8.31. The van der Waals surface area contributed by atoms with Crippen LogP contribution in [0.4, 0.5) is 0 Å². The van der Waals surface area contributed by atoms with Gasteiger partial charge in [0, 0.05) is 14.6 Å². The van der Waals surface area contributed by atoms with E-state index < -0.39 is 0 Å². The number of thiophene rings is 2. The van der Waals surface area contributed by atoms with E-state index in [4.69, 9.17) is 7.85 Å². The molecule has 3 heteroatoms. The van der Waals surface area contributed by atoms with Gasteiger partial charge in [-0.3, -0.25) is 0 Å². The molecule has 0 fully saturated rings.